The van der Waals surface area contributed by atoms with Gasteiger partial charge in [-0.1, -0.05) is 26.0 Å². The van der Waals surface area contributed by atoms with E-state index in [1.807, 2.05) is 13.8 Å². The highest BCUT2D eigenvalue weighted by molar-refractivity contribution is 5.38. The molecule has 1 aliphatic rings. The van der Waals surface area contributed by atoms with Crippen molar-refractivity contribution < 1.29 is 17.6 Å². The van der Waals surface area contributed by atoms with Gasteiger partial charge < -0.3 is 5.73 Å². The first kappa shape index (κ1) is 12.4. The summed E-state index contributed by atoms with van der Waals surface area (Å²) in [4.78, 5) is 0. The molecule has 1 nitrogen and oxygen atoms in total. The molecule has 0 heterocycles. The van der Waals surface area contributed by atoms with Gasteiger partial charge in [0.2, 0.25) is 0 Å². The quantitative estimate of drug-likeness (QED) is 0.757. The molecule has 0 amide bonds. The molecule has 0 radical (unpaired) electrons. The van der Waals surface area contributed by atoms with Crippen molar-refractivity contribution in [1.29, 1.82) is 0 Å². The number of hydrogen-bond acceptors (Lipinski definition) is 1. The lowest BCUT2D eigenvalue weighted by molar-refractivity contribution is -0.140. The van der Waals surface area contributed by atoms with Crippen molar-refractivity contribution in [3.63, 3.8) is 0 Å². The Balaban J connectivity index is 2.45. The van der Waals surface area contributed by atoms with E-state index in [-0.39, 0.29) is 22.9 Å². The lowest BCUT2D eigenvalue weighted by Crippen LogP contribution is -2.10. The Morgan fingerprint density at radius 2 is 1.76 bits per heavy atom. The van der Waals surface area contributed by atoms with Crippen LogP contribution in [0.3, 0.4) is 0 Å². The summed E-state index contributed by atoms with van der Waals surface area (Å²) in [5.74, 6) is -1.53. The molecule has 0 saturated heterocycles. The lowest BCUT2D eigenvalue weighted by atomic mass is 10.00. The van der Waals surface area contributed by atoms with E-state index in [1.165, 1.54) is 12.1 Å². The van der Waals surface area contributed by atoms with Crippen LogP contribution in [-0.4, -0.2) is 6.04 Å². The van der Waals surface area contributed by atoms with Gasteiger partial charge in [0, 0.05) is 12.0 Å². The van der Waals surface area contributed by atoms with Crippen molar-refractivity contribution in [2.75, 3.05) is 0 Å². The first-order valence-electron chi connectivity index (χ1n) is 5.28. The van der Waals surface area contributed by atoms with Gasteiger partial charge in [-0.05, 0) is 17.0 Å². The van der Waals surface area contributed by atoms with Crippen molar-refractivity contribution in [1.82, 2.24) is 0 Å². The SMILES string of the molecule is CC1(C)[C@H](N)[C@H]1c1cccc(C(F)(F)F)c1F. The molecule has 17 heavy (non-hydrogen) atoms. The molecule has 0 spiro atoms. The van der Waals surface area contributed by atoms with Crippen molar-refractivity contribution in [3.05, 3.63) is 35.1 Å². The second-order valence-electron chi connectivity index (χ2n) is 5.03. The Hall–Kier alpha value is -1.10. The number of benzene rings is 1. The summed E-state index contributed by atoms with van der Waals surface area (Å²) >= 11 is 0. The van der Waals surface area contributed by atoms with E-state index in [9.17, 15) is 17.6 Å². The molecule has 1 aromatic rings. The predicted octanol–water partition coefficient (Wildman–Crippen LogP) is 3.30. The number of nitrogens with two attached hydrogens (primary N) is 1. The van der Waals surface area contributed by atoms with E-state index in [1.54, 1.807) is 0 Å². The molecule has 1 aromatic carbocycles. The average Bonchev–Trinajstić information content (AvgIpc) is 2.65. The molecule has 1 aliphatic carbocycles. The molecule has 1 saturated carbocycles. The minimum Gasteiger partial charge on any atom is -0.327 e. The number of alkyl halides is 3. The summed E-state index contributed by atoms with van der Waals surface area (Å²) in [5, 5.41) is 0. The Kier molecular flexibility index (Phi) is 2.51. The smallest absolute Gasteiger partial charge is 0.327 e. The zero-order valence-electron chi connectivity index (χ0n) is 9.48. The molecule has 2 N–H and O–H groups in total. The first-order chi connectivity index (χ1) is 7.67. The highest BCUT2D eigenvalue weighted by Gasteiger charge is 2.57. The van der Waals surface area contributed by atoms with Crippen molar-refractivity contribution in [3.8, 4) is 0 Å². The molecular formula is C12H13F4N. The molecule has 94 valence electrons. The van der Waals surface area contributed by atoms with E-state index < -0.39 is 17.6 Å². The molecule has 0 unspecified atom stereocenters. The summed E-state index contributed by atoms with van der Waals surface area (Å²) in [6, 6.07) is 3.06. The van der Waals surface area contributed by atoms with E-state index in [4.69, 9.17) is 5.73 Å². The van der Waals surface area contributed by atoms with Gasteiger partial charge in [-0.25, -0.2) is 4.39 Å². The fourth-order valence-corrected chi connectivity index (χ4v) is 2.28. The lowest BCUT2D eigenvalue weighted by Gasteiger charge is -2.11. The summed E-state index contributed by atoms with van der Waals surface area (Å²) < 4.78 is 51.4. The van der Waals surface area contributed by atoms with Gasteiger partial charge in [-0.15, -0.1) is 0 Å². The van der Waals surface area contributed by atoms with Crippen LogP contribution in [0.5, 0.6) is 0 Å². The molecule has 0 bridgehead atoms. The van der Waals surface area contributed by atoms with E-state index in [0.29, 0.717) is 0 Å². The third-order valence-corrected chi connectivity index (χ3v) is 3.58. The number of halogens is 4. The predicted molar refractivity (Wildman–Crippen MR) is 55.9 cm³/mol. The van der Waals surface area contributed by atoms with Crippen molar-refractivity contribution in [2.24, 2.45) is 11.1 Å². The van der Waals surface area contributed by atoms with Crippen LogP contribution in [0.1, 0.15) is 30.9 Å². The standard InChI is InChI=1S/C12H13F4N/c1-11(2)8(10(11)17)6-4-3-5-7(9(6)13)12(14,15)16/h3-5,8,10H,17H2,1-2H3/t8-,10-/m1/s1. The monoisotopic (exact) mass is 247 g/mol. The van der Waals surface area contributed by atoms with Crippen molar-refractivity contribution in [2.45, 2.75) is 32.0 Å². The third-order valence-electron chi connectivity index (χ3n) is 3.58. The summed E-state index contributed by atoms with van der Waals surface area (Å²) in [5.41, 5.74) is 4.26. The third kappa shape index (κ3) is 1.82. The molecular weight excluding hydrogens is 234 g/mol. The van der Waals surface area contributed by atoms with Crippen LogP contribution < -0.4 is 5.73 Å². The van der Waals surface area contributed by atoms with Gasteiger partial charge in [0.1, 0.15) is 5.82 Å². The van der Waals surface area contributed by atoms with Crippen LogP contribution in [0.25, 0.3) is 0 Å². The van der Waals surface area contributed by atoms with Crippen LogP contribution in [0.2, 0.25) is 0 Å². The van der Waals surface area contributed by atoms with Crippen molar-refractivity contribution >= 4 is 0 Å². The molecule has 0 aliphatic heterocycles. The molecule has 0 aromatic heterocycles. The normalized spacial score (nSPS) is 27.0. The van der Waals surface area contributed by atoms with Gasteiger partial charge in [0.25, 0.3) is 0 Å². The molecule has 2 rings (SSSR count). The van der Waals surface area contributed by atoms with Crippen LogP contribution in [0.4, 0.5) is 17.6 Å². The second kappa shape index (κ2) is 3.45. The van der Waals surface area contributed by atoms with Gasteiger partial charge in [-0.2, -0.15) is 13.2 Å². The second-order valence-corrected chi connectivity index (χ2v) is 5.03. The maximum absolute atomic E-state index is 13.8. The van der Waals surface area contributed by atoms with E-state index >= 15 is 0 Å². The van der Waals surface area contributed by atoms with E-state index in [2.05, 4.69) is 0 Å². The zero-order valence-corrected chi connectivity index (χ0v) is 9.48. The highest BCUT2D eigenvalue weighted by Crippen LogP contribution is 2.58. The fourth-order valence-electron chi connectivity index (χ4n) is 2.28. The Labute approximate surface area is 96.6 Å². The Morgan fingerprint density at radius 1 is 1.24 bits per heavy atom. The minimum atomic E-state index is -4.66. The van der Waals surface area contributed by atoms with Gasteiger partial charge in [-0.3, -0.25) is 0 Å². The van der Waals surface area contributed by atoms with Gasteiger partial charge in [0.15, 0.2) is 0 Å². The Bertz CT molecular complexity index is 450. The van der Waals surface area contributed by atoms with Crippen LogP contribution >= 0.6 is 0 Å². The summed E-state index contributed by atoms with van der Waals surface area (Å²) in [7, 11) is 0. The molecule has 5 heteroatoms. The number of hydrogen-bond donors (Lipinski definition) is 1. The zero-order chi connectivity index (χ0) is 13.0. The van der Waals surface area contributed by atoms with Crippen LogP contribution in [0, 0.1) is 11.2 Å². The number of rotatable bonds is 1. The largest absolute Gasteiger partial charge is 0.419 e. The van der Waals surface area contributed by atoms with Crippen LogP contribution in [-0.2, 0) is 6.18 Å². The fraction of sp³-hybridized carbons (Fsp3) is 0.500. The van der Waals surface area contributed by atoms with Gasteiger partial charge in [0.05, 0.1) is 5.56 Å². The molecule has 1 fully saturated rings. The summed E-state index contributed by atoms with van der Waals surface area (Å²) in [6.45, 7) is 3.64. The first-order valence-corrected chi connectivity index (χ1v) is 5.28. The minimum absolute atomic E-state index is 0.0670. The topological polar surface area (TPSA) is 26.0 Å². The molecule has 2 atom stereocenters. The van der Waals surface area contributed by atoms with Gasteiger partial charge >= 0.3 is 6.18 Å². The maximum atomic E-state index is 13.8. The van der Waals surface area contributed by atoms with E-state index in [0.717, 1.165) is 6.07 Å². The Morgan fingerprint density at radius 3 is 2.18 bits per heavy atom. The average molecular weight is 247 g/mol. The highest BCUT2D eigenvalue weighted by atomic mass is 19.4. The maximum Gasteiger partial charge on any atom is 0.419 e. The summed E-state index contributed by atoms with van der Waals surface area (Å²) in [6.07, 6.45) is -4.66. The van der Waals surface area contributed by atoms with Crippen LogP contribution in [0.15, 0.2) is 18.2 Å².